The number of carbonyl (C=O) groups excluding carboxylic acids is 2. The van der Waals surface area contributed by atoms with Gasteiger partial charge in [-0.2, -0.15) is 0 Å². The number of benzene rings is 2. The van der Waals surface area contributed by atoms with E-state index in [-0.39, 0.29) is 11.8 Å². The molecule has 0 bridgehead atoms. The minimum atomic E-state index is -0.583. The molecule has 0 aliphatic carbocycles. The van der Waals surface area contributed by atoms with Gasteiger partial charge in [0.25, 0.3) is 5.91 Å². The Bertz CT molecular complexity index is 1280. The molecule has 1 atom stereocenters. The van der Waals surface area contributed by atoms with E-state index in [1.165, 1.54) is 16.9 Å². The van der Waals surface area contributed by atoms with Gasteiger partial charge in [-0.3, -0.25) is 14.5 Å². The van der Waals surface area contributed by atoms with Crippen molar-refractivity contribution >= 4 is 33.4 Å². The highest BCUT2D eigenvalue weighted by Crippen LogP contribution is 2.26. The minimum Gasteiger partial charge on any atom is -0.341 e. The normalized spacial score (nSPS) is 15.4. The van der Waals surface area contributed by atoms with Crippen molar-refractivity contribution in [3.8, 4) is 5.13 Å². The number of thiazole rings is 1. The number of aromatic nitrogens is 2. The fourth-order valence-electron chi connectivity index (χ4n) is 4.21. The monoisotopic (exact) mass is 473 g/mol. The molecule has 2 aromatic carbocycles. The molecular weight excluding hydrogens is 446 g/mol. The van der Waals surface area contributed by atoms with E-state index in [9.17, 15) is 9.59 Å². The summed E-state index contributed by atoms with van der Waals surface area (Å²) in [5.74, 6) is -0.289. The van der Waals surface area contributed by atoms with Crippen LogP contribution in [0.1, 0.15) is 22.8 Å². The number of piperazine rings is 1. The summed E-state index contributed by atoms with van der Waals surface area (Å²) in [5, 5.41) is 3.73. The predicted molar refractivity (Wildman–Crippen MR) is 134 cm³/mol. The number of nitrogens with zero attached hydrogens (tertiary/aromatic N) is 4. The lowest BCUT2D eigenvalue weighted by atomic mass is 10.1. The van der Waals surface area contributed by atoms with Gasteiger partial charge in [0.2, 0.25) is 5.91 Å². The highest BCUT2D eigenvalue weighted by molar-refractivity contribution is 7.20. The highest BCUT2D eigenvalue weighted by Gasteiger charge is 2.26. The number of nitrogens with one attached hydrogen (secondary N) is 1. The summed E-state index contributed by atoms with van der Waals surface area (Å²) in [6, 6.07) is 19.1. The number of fused-ring (bicyclic) bond motifs is 1. The maximum atomic E-state index is 13.0. The second-order valence-corrected chi connectivity index (χ2v) is 9.56. The smallest absolute Gasteiger partial charge is 0.251 e. The summed E-state index contributed by atoms with van der Waals surface area (Å²) in [4.78, 5) is 34.7. The van der Waals surface area contributed by atoms with Gasteiger partial charge >= 0.3 is 0 Å². The van der Waals surface area contributed by atoms with Crippen LogP contribution in [0.15, 0.2) is 73.1 Å². The first-order chi connectivity index (χ1) is 16.6. The Balaban J connectivity index is 1.17. The Morgan fingerprint density at radius 3 is 2.47 bits per heavy atom. The molecule has 3 heterocycles. The van der Waals surface area contributed by atoms with Crippen molar-refractivity contribution < 1.29 is 9.59 Å². The highest BCUT2D eigenvalue weighted by atomic mass is 32.1. The molecule has 2 amide bonds. The van der Waals surface area contributed by atoms with Crippen LogP contribution in [0.3, 0.4) is 0 Å². The predicted octanol–water partition coefficient (Wildman–Crippen LogP) is 3.55. The molecule has 174 valence electrons. The van der Waals surface area contributed by atoms with Crippen molar-refractivity contribution in [2.45, 2.75) is 19.5 Å². The maximum absolute atomic E-state index is 13.0. The topological polar surface area (TPSA) is 70.5 Å². The molecule has 1 N–H and O–H groups in total. The quantitative estimate of drug-likeness (QED) is 0.465. The largest absolute Gasteiger partial charge is 0.341 e. The molecule has 4 aromatic rings. The van der Waals surface area contributed by atoms with Crippen LogP contribution in [0.4, 0.5) is 0 Å². The summed E-state index contributed by atoms with van der Waals surface area (Å²) >= 11 is 1.53. The van der Waals surface area contributed by atoms with Crippen molar-refractivity contribution in [2.24, 2.45) is 0 Å². The number of hydrogen-bond acceptors (Lipinski definition) is 5. The molecule has 1 saturated heterocycles. The zero-order chi connectivity index (χ0) is 23.5. The fourth-order valence-corrected chi connectivity index (χ4v) is 5.18. The van der Waals surface area contributed by atoms with Gasteiger partial charge in [0, 0.05) is 50.7 Å². The van der Waals surface area contributed by atoms with Crippen molar-refractivity contribution in [3.63, 3.8) is 0 Å². The van der Waals surface area contributed by atoms with E-state index in [2.05, 4.69) is 27.3 Å². The van der Waals surface area contributed by atoms with Crippen LogP contribution in [-0.4, -0.2) is 63.4 Å². The van der Waals surface area contributed by atoms with Gasteiger partial charge in [-0.1, -0.05) is 41.7 Å². The number of rotatable bonds is 6. The van der Waals surface area contributed by atoms with E-state index < -0.39 is 6.04 Å². The first-order valence-electron chi connectivity index (χ1n) is 11.5. The Labute approximate surface area is 202 Å². The lowest BCUT2D eigenvalue weighted by Crippen LogP contribution is -2.53. The Kier molecular flexibility index (Phi) is 6.42. The molecule has 34 heavy (non-hydrogen) atoms. The third kappa shape index (κ3) is 4.88. The molecule has 0 spiro atoms. The molecule has 0 unspecified atom stereocenters. The average Bonchev–Trinajstić information content (AvgIpc) is 3.54. The molecule has 1 aliphatic rings. The van der Waals surface area contributed by atoms with E-state index in [0.717, 1.165) is 35.0 Å². The molecule has 0 radical (unpaired) electrons. The summed E-state index contributed by atoms with van der Waals surface area (Å²) in [7, 11) is 0. The molecule has 5 rings (SSSR count). The van der Waals surface area contributed by atoms with Crippen LogP contribution in [0, 0.1) is 0 Å². The van der Waals surface area contributed by atoms with Gasteiger partial charge in [-0.05, 0) is 42.8 Å². The summed E-state index contributed by atoms with van der Waals surface area (Å²) < 4.78 is 2.88. The summed E-state index contributed by atoms with van der Waals surface area (Å²) in [6.45, 7) is 5.63. The average molecular weight is 474 g/mol. The lowest BCUT2D eigenvalue weighted by Gasteiger charge is -2.36. The Hall–Kier alpha value is -3.49. The van der Waals surface area contributed by atoms with E-state index >= 15 is 0 Å². The van der Waals surface area contributed by atoms with Crippen molar-refractivity contribution in [2.75, 3.05) is 26.2 Å². The zero-order valence-electron chi connectivity index (χ0n) is 19.1. The molecule has 2 aromatic heterocycles. The van der Waals surface area contributed by atoms with E-state index in [1.54, 1.807) is 13.0 Å². The Morgan fingerprint density at radius 2 is 1.74 bits per heavy atom. The van der Waals surface area contributed by atoms with Crippen LogP contribution in [-0.2, 0) is 11.3 Å². The van der Waals surface area contributed by atoms with Gasteiger partial charge < -0.3 is 14.8 Å². The SMILES string of the molecule is C[C@H](NC(=O)c1ccc2nc(-n3cccc3)sc2c1)C(=O)N1CCN(Cc2ccccc2)CC1. The fraction of sp³-hybridized carbons (Fsp3) is 0.269. The van der Waals surface area contributed by atoms with Gasteiger partial charge in [0.1, 0.15) is 6.04 Å². The summed E-state index contributed by atoms with van der Waals surface area (Å²) in [6.07, 6.45) is 3.89. The first-order valence-corrected chi connectivity index (χ1v) is 12.3. The molecule has 7 nitrogen and oxygen atoms in total. The van der Waals surface area contributed by atoms with Crippen LogP contribution < -0.4 is 5.32 Å². The van der Waals surface area contributed by atoms with Crippen molar-refractivity contribution in [3.05, 3.63) is 84.2 Å². The molecule has 0 saturated carbocycles. The number of carbonyl (C=O) groups is 2. The van der Waals surface area contributed by atoms with Crippen LogP contribution in [0.25, 0.3) is 15.3 Å². The zero-order valence-corrected chi connectivity index (χ0v) is 19.9. The summed E-state index contributed by atoms with van der Waals surface area (Å²) in [5.41, 5.74) is 2.66. The molecular formula is C26H27N5O2S. The van der Waals surface area contributed by atoms with Crippen LogP contribution in [0.2, 0.25) is 0 Å². The molecule has 8 heteroatoms. The van der Waals surface area contributed by atoms with Gasteiger partial charge in [-0.25, -0.2) is 4.98 Å². The van der Waals surface area contributed by atoms with Gasteiger partial charge in [0.15, 0.2) is 5.13 Å². The van der Waals surface area contributed by atoms with Crippen molar-refractivity contribution in [1.29, 1.82) is 0 Å². The third-order valence-electron chi connectivity index (χ3n) is 6.12. The van der Waals surface area contributed by atoms with Crippen LogP contribution in [0.5, 0.6) is 0 Å². The van der Waals surface area contributed by atoms with E-state index in [1.807, 2.05) is 64.3 Å². The number of amides is 2. The lowest BCUT2D eigenvalue weighted by molar-refractivity contribution is -0.134. The standard InChI is InChI=1S/C26H27N5O2S/c1-19(25(33)30-15-13-29(14-16-30)18-20-7-3-2-4-8-20)27-24(32)21-9-10-22-23(17-21)34-26(28-22)31-11-5-6-12-31/h2-12,17,19H,13-16,18H2,1H3,(H,27,32)/t19-/m0/s1. The Morgan fingerprint density at radius 1 is 1.00 bits per heavy atom. The van der Waals surface area contributed by atoms with Gasteiger partial charge in [0.05, 0.1) is 10.2 Å². The third-order valence-corrected chi connectivity index (χ3v) is 7.15. The maximum Gasteiger partial charge on any atom is 0.251 e. The van der Waals surface area contributed by atoms with E-state index in [4.69, 9.17) is 0 Å². The van der Waals surface area contributed by atoms with E-state index in [0.29, 0.717) is 18.7 Å². The second kappa shape index (κ2) is 9.79. The van der Waals surface area contributed by atoms with Crippen molar-refractivity contribution in [1.82, 2.24) is 24.7 Å². The molecule has 1 aliphatic heterocycles. The number of hydrogen-bond donors (Lipinski definition) is 1. The second-order valence-electron chi connectivity index (χ2n) is 8.55. The first kappa shape index (κ1) is 22.3. The molecule has 1 fully saturated rings. The minimum absolute atomic E-state index is 0.0403. The van der Waals surface area contributed by atoms with Crippen LogP contribution >= 0.6 is 11.3 Å². The van der Waals surface area contributed by atoms with Gasteiger partial charge in [-0.15, -0.1) is 0 Å².